The van der Waals surface area contributed by atoms with Gasteiger partial charge in [-0.2, -0.15) is 0 Å². The second-order valence-electron chi connectivity index (χ2n) is 2.55. The molecule has 0 fully saturated rings. The average molecular weight is 208 g/mol. The van der Waals surface area contributed by atoms with Crippen molar-refractivity contribution in [3.8, 4) is 0 Å². The summed E-state index contributed by atoms with van der Waals surface area (Å²) in [7, 11) is -4.21. The zero-order chi connectivity index (χ0) is 9.19. The van der Waals surface area contributed by atoms with E-state index in [2.05, 4.69) is 0 Å². The Labute approximate surface area is 100 Å². The molecule has 0 bridgehead atoms. The first kappa shape index (κ1) is 13.1. The van der Waals surface area contributed by atoms with Crippen LogP contribution in [0.25, 0.3) is 0 Å². The van der Waals surface area contributed by atoms with Gasteiger partial charge >= 0.3 is 29.6 Å². The van der Waals surface area contributed by atoms with Crippen LogP contribution in [0.15, 0.2) is 30.3 Å². The molecule has 0 unspecified atom stereocenters. The van der Waals surface area contributed by atoms with Crippen LogP contribution in [0, 0.1) is 0 Å². The van der Waals surface area contributed by atoms with Crippen molar-refractivity contribution in [2.45, 2.75) is 12.2 Å². The summed E-state index contributed by atoms with van der Waals surface area (Å²) in [6.07, 6.45) is 0. The van der Waals surface area contributed by atoms with Crippen molar-refractivity contribution in [3.05, 3.63) is 35.9 Å². The van der Waals surface area contributed by atoms with Crippen LogP contribution in [0.5, 0.6) is 0 Å². The topological polar surface area (TPSA) is 57.2 Å². The van der Waals surface area contributed by atoms with E-state index in [1.165, 1.54) is 6.92 Å². The van der Waals surface area contributed by atoms with E-state index in [9.17, 15) is 13.0 Å². The van der Waals surface area contributed by atoms with E-state index in [0.29, 0.717) is 5.56 Å². The van der Waals surface area contributed by atoms with Crippen LogP contribution in [-0.4, -0.2) is 13.0 Å². The smallest absolute Gasteiger partial charge is 0.747 e. The van der Waals surface area contributed by atoms with Gasteiger partial charge in [-0.15, -0.1) is 0 Å². The molecule has 0 saturated heterocycles. The minimum atomic E-state index is -4.21. The molecule has 1 rings (SSSR count). The Kier molecular flexibility index (Phi) is 5.17. The van der Waals surface area contributed by atoms with E-state index in [1.54, 1.807) is 30.3 Å². The number of benzene rings is 1. The van der Waals surface area contributed by atoms with Gasteiger partial charge in [0.2, 0.25) is 0 Å². The molecule has 0 aliphatic heterocycles. The van der Waals surface area contributed by atoms with Gasteiger partial charge in [-0.1, -0.05) is 30.3 Å². The molecule has 0 heterocycles. The second kappa shape index (κ2) is 5.12. The van der Waals surface area contributed by atoms with Crippen LogP contribution in [0.4, 0.5) is 0 Å². The summed E-state index contributed by atoms with van der Waals surface area (Å²) in [5, 5.41) is -0.960. The Hall–Kier alpha value is 0.130. The maximum atomic E-state index is 10.6. The summed E-state index contributed by atoms with van der Waals surface area (Å²) in [5.41, 5.74) is 0.535. The van der Waals surface area contributed by atoms with Crippen molar-refractivity contribution in [3.63, 3.8) is 0 Å². The number of rotatable bonds is 2. The Bertz CT molecular complexity index is 347. The third kappa shape index (κ3) is 3.79. The minimum Gasteiger partial charge on any atom is -0.747 e. The van der Waals surface area contributed by atoms with Crippen LogP contribution in [0.1, 0.15) is 17.7 Å². The van der Waals surface area contributed by atoms with Gasteiger partial charge in [0.25, 0.3) is 0 Å². The summed E-state index contributed by atoms with van der Waals surface area (Å²) in [6.45, 7) is 1.39. The molecule has 0 spiro atoms. The van der Waals surface area contributed by atoms with Crippen LogP contribution in [-0.2, 0) is 10.1 Å². The van der Waals surface area contributed by atoms with Crippen molar-refractivity contribution in [2.75, 3.05) is 0 Å². The zero-order valence-electron chi connectivity index (χ0n) is 7.60. The van der Waals surface area contributed by atoms with Crippen molar-refractivity contribution < 1.29 is 42.5 Å². The predicted octanol–water partition coefficient (Wildman–Crippen LogP) is -1.70. The summed E-state index contributed by atoms with van der Waals surface area (Å²) in [5.74, 6) is 0. The van der Waals surface area contributed by atoms with Gasteiger partial charge in [0.15, 0.2) is 0 Å². The van der Waals surface area contributed by atoms with E-state index in [1.807, 2.05) is 0 Å². The first-order valence-electron chi connectivity index (χ1n) is 3.51. The molecule has 1 aromatic rings. The fourth-order valence-electron chi connectivity index (χ4n) is 0.891. The molecule has 5 heteroatoms. The molecular weight excluding hydrogens is 199 g/mol. The molecule has 0 aromatic heterocycles. The molecule has 0 radical (unpaired) electrons. The Morgan fingerprint density at radius 2 is 1.69 bits per heavy atom. The van der Waals surface area contributed by atoms with Gasteiger partial charge in [-0.3, -0.25) is 0 Å². The Balaban J connectivity index is 0.00000144. The summed E-state index contributed by atoms with van der Waals surface area (Å²) < 4.78 is 31.7. The quantitative estimate of drug-likeness (QED) is 0.430. The minimum absolute atomic E-state index is 0. The number of hydrogen-bond donors (Lipinski definition) is 0. The van der Waals surface area contributed by atoms with Gasteiger partial charge in [0.1, 0.15) is 10.1 Å². The van der Waals surface area contributed by atoms with E-state index in [0.717, 1.165) is 0 Å². The molecule has 3 nitrogen and oxygen atoms in total. The van der Waals surface area contributed by atoms with E-state index < -0.39 is 15.4 Å². The normalized spacial score (nSPS) is 13.1. The van der Waals surface area contributed by atoms with Crippen molar-refractivity contribution in [1.82, 2.24) is 0 Å². The first-order chi connectivity index (χ1) is 5.52. The van der Waals surface area contributed by atoms with Crippen LogP contribution >= 0.6 is 0 Å². The van der Waals surface area contributed by atoms with Gasteiger partial charge in [-0.25, -0.2) is 8.42 Å². The van der Waals surface area contributed by atoms with Gasteiger partial charge in [0, 0.05) is 0 Å². The summed E-state index contributed by atoms with van der Waals surface area (Å²) >= 11 is 0. The molecule has 66 valence electrons. The summed E-state index contributed by atoms with van der Waals surface area (Å²) in [4.78, 5) is 0. The van der Waals surface area contributed by atoms with E-state index >= 15 is 0 Å². The van der Waals surface area contributed by atoms with Crippen LogP contribution < -0.4 is 29.6 Å². The first-order valence-corrected chi connectivity index (χ1v) is 4.98. The van der Waals surface area contributed by atoms with Gasteiger partial charge in [0.05, 0.1) is 5.25 Å². The fourth-order valence-corrected chi connectivity index (χ4v) is 1.38. The molecule has 13 heavy (non-hydrogen) atoms. The summed E-state index contributed by atoms with van der Waals surface area (Å²) in [6, 6.07) is 8.43. The van der Waals surface area contributed by atoms with Crippen LogP contribution in [0.3, 0.4) is 0 Å². The predicted molar refractivity (Wildman–Crippen MR) is 44.6 cm³/mol. The van der Waals surface area contributed by atoms with Gasteiger partial charge in [-0.05, 0) is 12.5 Å². The van der Waals surface area contributed by atoms with E-state index in [4.69, 9.17) is 0 Å². The molecule has 1 aromatic carbocycles. The SMILES string of the molecule is C[C@@H](c1ccccc1)S(=O)(=O)[O-].[Na+]. The monoisotopic (exact) mass is 208 g/mol. The third-order valence-electron chi connectivity index (χ3n) is 1.70. The molecule has 0 aliphatic rings. The molecule has 0 aliphatic carbocycles. The molecule has 1 atom stereocenters. The molecule has 0 amide bonds. The van der Waals surface area contributed by atoms with Gasteiger partial charge < -0.3 is 4.55 Å². The maximum Gasteiger partial charge on any atom is 1.00 e. The fraction of sp³-hybridized carbons (Fsp3) is 0.250. The number of hydrogen-bond acceptors (Lipinski definition) is 3. The average Bonchev–Trinajstić information content (AvgIpc) is 2.03. The molecule has 0 N–H and O–H groups in total. The van der Waals surface area contributed by atoms with Crippen LogP contribution in [0.2, 0.25) is 0 Å². The second-order valence-corrected chi connectivity index (χ2v) is 4.24. The molecular formula is C8H9NaO3S. The largest absolute Gasteiger partial charge is 1.00 e. The molecule has 0 saturated carbocycles. The Morgan fingerprint density at radius 3 is 2.08 bits per heavy atom. The maximum absolute atomic E-state index is 10.6. The van der Waals surface area contributed by atoms with E-state index in [-0.39, 0.29) is 29.6 Å². The van der Waals surface area contributed by atoms with Crippen molar-refractivity contribution >= 4 is 10.1 Å². The zero-order valence-corrected chi connectivity index (χ0v) is 10.4. The van der Waals surface area contributed by atoms with Crippen molar-refractivity contribution in [1.29, 1.82) is 0 Å². The van der Waals surface area contributed by atoms with Crippen molar-refractivity contribution in [2.24, 2.45) is 0 Å². The Morgan fingerprint density at radius 1 is 1.23 bits per heavy atom. The third-order valence-corrected chi connectivity index (χ3v) is 2.84. The standard InChI is InChI=1S/C8H10O3S.Na/c1-7(12(9,10)11)8-5-3-2-4-6-8;/h2-7H,1H3,(H,9,10,11);/q;+1/p-1/t7-;/m0./s1.